The molecule has 152 valence electrons. The molecule has 7 heteroatoms. The van der Waals surface area contributed by atoms with E-state index in [-0.39, 0.29) is 18.9 Å². The molecule has 0 saturated carbocycles. The molecule has 1 N–H and O–H groups in total. The zero-order valence-corrected chi connectivity index (χ0v) is 16.9. The molecule has 1 unspecified atom stereocenters. The minimum Gasteiger partial charge on any atom is -0.462 e. The second kappa shape index (κ2) is 8.34. The zero-order chi connectivity index (χ0) is 21.1. The Morgan fingerprint density at radius 1 is 1.14 bits per heavy atom. The maximum atomic E-state index is 12.7. The minimum absolute atomic E-state index is 0.0947. The first kappa shape index (κ1) is 20.4. The molecule has 0 amide bonds. The summed E-state index contributed by atoms with van der Waals surface area (Å²) in [4.78, 5) is 40.3. The lowest BCUT2D eigenvalue weighted by Crippen LogP contribution is -2.27. The highest BCUT2D eigenvalue weighted by Gasteiger charge is 2.24. The van der Waals surface area contributed by atoms with E-state index >= 15 is 0 Å². The van der Waals surface area contributed by atoms with E-state index in [9.17, 15) is 14.4 Å². The van der Waals surface area contributed by atoms with Crippen molar-refractivity contribution in [3.63, 3.8) is 0 Å². The summed E-state index contributed by atoms with van der Waals surface area (Å²) in [6.45, 7) is 7.01. The number of aromatic amines is 1. The number of Topliss-reactive ketones (excluding diaryl/α,β-unsaturated/α-hetero) is 1. The number of nitrogens with one attached hydrogen (secondary N) is 1. The lowest BCUT2D eigenvalue weighted by Gasteiger charge is -2.14. The Balaban J connectivity index is 1.71. The number of fused-ring (bicyclic) bond motifs is 1. The third-order valence-electron chi connectivity index (χ3n) is 4.89. The predicted octanol–water partition coefficient (Wildman–Crippen LogP) is 3.58. The summed E-state index contributed by atoms with van der Waals surface area (Å²) in [5.74, 6) is -1.25. The van der Waals surface area contributed by atoms with Gasteiger partial charge < -0.3 is 19.0 Å². The SMILES string of the molecule is CCOC(=O)c1cc(C)n(CC(=O)OC(C)C(=O)c2c[nH]c3ccccc23)c1C. The van der Waals surface area contributed by atoms with Crippen molar-refractivity contribution >= 4 is 28.6 Å². The molecule has 0 radical (unpaired) electrons. The molecule has 0 spiro atoms. The maximum Gasteiger partial charge on any atom is 0.339 e. The molecule has 0 saturated heterocycles. The topological polar surface area (TPSA) is 90.4 Å². The number of esters is 2. The van der Waals surface area contributed by atoms with E-state index < -0.39 is 18.0 Å². The van der Waals surface area contributed by atoms with E-state index in [0.29, 0.717) is 16.8 Å². The number of carbonyl (C=O) groups excluding carboxylic acids is 3. The number of rotatable bonds is 7. The van der Waals surface area contributed by atoms with Gasteiger partial charge >= 0.3 is 11.9 Å². The zero-order valence-electron chi connectivity index (χ0n) is 16.9. The Morgan fingerprint density at radius 2 is 1.86 bits per heavy atom. The minimum atomic E-state index is -0.928. The van der Waals surface area contributed by atoms with E-state index in [4.69, 9.17) is 9.47 Å². The van der Waals surface area contributed by atoms with Crippen molar-refractivity contribution in [3.05, 3.63) is 59.0 Å². The van der Waals surface area contributed by atoms with Crippen molar-refractivity contribution in [1.82, 2.24) is 9.55 Å². The van der Waals surface area contributed by atoms with Gasteiger partial charge in [0.15, 0.2) is 6.10 Å². The predicted molar refractivity (Wildman–Crippen MR) is 108 cm³/mol. The number of para-hydroxylation sites is 1. The number of aryl methyl sites for hydroxylation is 1. The van der Waals surface area contributed by atoms with Crippen molar-refractivity contribution in [1.29, 1.82) is 0 Å². The van der Waals surface area contributed by atoms with Gasteiger partial charge in [-0.15, -0.1) is 0 Å². The highest BCUT2D eigenvalue weighted by atomic mass is 16.5. The maximum absolute atomic E-state index is 12.7. The number of nitrogens with zero attached hydrogens (tertiary/aromatic N) is 1. The van der Waals surface area contributed by atoms with Crippen molar-refractivity contribution in [2.45, 2.75) is 40.3 Å². The van der Waals surface area contributed by atoms with E-state index in [0.717, 1.165) is 16.6 Å². The standard InChI is InChI=1S/C22H24N2O5/c1-5-28-22(27)17-10-13(2)24(14(17)3)12-20(25)29-15(4)21(26)18-11-23-19-9-7-6-8-16(18)19/h6-11,15,23H,5,12H2,1-4H3. The number of carbonyl (C=O) groups is 3. The highest BCUT2D eigenvalue weighted by Crippen LogP contribution is 2.20. The second-order valence-corrected chi connectivity index (χ2v) is 6.84. The van der Waals surface area contributed by atoms with Gasteiger partial charge in [0, 0.05) is 34.1 Å². The Kier molecular flexibility index (Phi) is 5.87. The van der Waals surface area contributed by atoms with Crippen LogP contribution in [0.15, 0.2) is 36.5 Å². The van der Waals surface area contributed by atoms with E-state index in [2.05, 4.69) is 4.98 Å². The van der Waals surface area contributed by atoms with Gasteiger partial charge in [0.1, 0.15) is 6.54 Å². The van der Waals surface area contributed by atoms with Gasteiger partial charge in [-0.1, -0.05) is 18.2 Å². The van der Waals surface area contributed by atoms with Crippen LogP contribution in [0.5, 0.6) is 0 Å². The fraction of sp³-hybridized carbons (Fsp3) is 0.318. The van der Waals surface area contributed by atoms with Crippen LogP contribution in [0.25, 0.3) is 10.9 Å². The molecular weight excluding hydrogens is 372 g/mol. The van der Waals surface area contributed by atoms with Gasteiger partial charge in [-0.2, -0.15) is 0 Å². The molecule has 0 aliphatic heterocycles. The van der Waals surface area contributed by atoms with Crippen LogP contribution in [0.2, 0.25) is 0 Å². The second-order valence-electron chi connectivity index (χ2n) is 6.84. The fourth-order valence-corrected chi connectivity index (χ4v) is 3.37. The smallest absolute Gasteiger partial charge is 0.339 e. The van der Waals surface area contributed by atoms with Gasteiger partial charge in [-0.3, -0.25) is 9.59 Å². The first-order valence-electron chi connectivity index (χ1n) is 9.47. The van der Waals surface area contributed by atoms with Crippen LogP contribution in [0, 0.1) is 13.8 Å². The lowest BCUT2D eigenvalue weighted by molar-refractivity contribution is -0.147. The molecule has 0 fully saturated rings. The van der Waals surface area contributed by atoms with E-state index in [1.165, 1.54) is 0 Å². The van der Waals surface area contributed by atoms with Gasteiger partial charge in [0.05, 0.1) is 12.2 Å². The quantitative estimate of drug-likeness (QED) is 0.487. The molecule has 7 nitrogen and oxygen atoms in total. The summed E-state index contributed by atoms with van der Waals surface area (Å²) in [5.41, 5.74) is 3.10. The largest absolute Gasteiger partial charge is 0.462 e. The van der Waals surface area contributed by atoms with E-state index in [1.807, 2.05) is 24.3 Å². The molecule has 0 bridgehead atoms. The van der Waals surface area contributed by atoms with Gasteiger partial charge in [0.25, 0.3) is 0 Å². The first-order valence-corrected chi connectivity index (χ1v) is 9.47. The molecular formula is C22H24N2O5. The summed E-state index contributed by atoms with van der Waals surface area (Å²) in [6, 6.07) is 9.13. The summed E-state index contributed by atoms with van der Waals surface area (Å²) in [5, 5.41) is 0.788. The van der Waals surface area contributed by atoms with Gasteiger partial charge in [0.2, 0.25) is 5.78 Å². The highest BCUT2D eigenvalue weighted by molar-refractivity contribution is 6.10. The number of ether oxygens (including phenoxy) is 2. The lowest BCUT2D eigenvalue weighted by atomic mass is 10.1. The summed E-state index contributed by atoms with van der Waals surface area (Å²) in [7, 11) is 0. The molecule has 0 aliphatic carbocycles. The number of hydrogen-bond donors (Lipinski definition) is 1. The molecule has 2 heterocycles. The molecule has 29 heavy (non-hydrogen) atoms. The normalized spacial score (nSPS) is 12.0. The summed E-state index contributed by atoms with van der Waals surface area (Å²) < 4.78 is 12.1. The van der Waals surface area contributed by atoms with Crippen LogP contribution < -0.4 is 0 Å². The molecule has 2 aromatic heterocycles. The fourth-order valence-electron chi connectivity index (χ4n) is 3.37. The third-order valence-corrected chi connectivity index (χ3v) is 4.89. The average molecular weight is 396 g/mol. The van der Waals surface area contributed by atoms with Crippen molar-refractivity contribution in [2.24, 2.45) is 0 Å². The van der Waals surface area contributed by atoms with Crippen molar-refractivity contribution in [3.8, 4) is 0 Å². The molecule has 3 aromatic rings. The monoisotopic (exact) mass is 396 g/mol. The third kappa shape index (κ3) is 4.08. The Labute approximate surface area is 168 Å². The molecule has 0 aliphatic rings. The Morgan fingerprint density at radius 3 is 2.59 bits per heavy atom. The number of aromatic nitrogens is 2. The van der Waals surface area contributed by atoms with E-state index in [1.54, 1.807) is 44.5 Å². The summed E-state index contributed by atoms with van der Waals surface area (Å²) in [6.07, 6.45) is 0.700. The Hall–Kier alpha value is -3.35. The van der Waals surface area contributed by atoms with Crippen LogP contribution in [0.4, 0.5) is 0 Å². The van der Waals surface area contributed by atoms with Crippen LogP contribution >= 0.6 is 0 Å². The number of hydrogen-bond acceptors (Lipinski definition) is 5. The van der Waals surface area contributed by atoms with Gasteiger partial charge in [-0.25, -0.2) is 4.79 Å². The average Bonchev–Trinajstić information content (AvgIpc) is 3.24. The van der Waals surface area contributed by atoms with Crippen molar-refractivity contribution in [2.75, 3.05) is 6.61 Å². The van der Waals surface area contributed by atoms with Crippen LogP contribution in [-0.4, -0.2) is 40.0 Å². The number of benzene rings is 1. The molecule has 1 aromatic carbocycles. The summed E-state index contributed by atoms with van der Waals surface area (Å²) >= 11 is 0. The van der Waals surface area contributed by atoms with Crippen LogP contribution in [-0.2, 0) is 20.8 Å². The number of ketones is 1. The van der Waals surface area contributed by atoms with Crippen molar-refractivity contribution < 1.29 is 23.9 Å². The number of H-pyrrole nitrogens is 1. The van der Waals surface area contributed by atoms with Gasteiger partial charge in [-0.05, 0) is 39.8 Å². The van der Waals surface area contributed by atoms with Crippen LogP contribution in [0.1, 0.15) is 46.0 Å². The Bertz CT molecular complexity index is 1080. The molecule has 1 atom stereocenters. The van der Waals surface area contributed by atoms with Crippen LogP contribution in [0.3, 0.4) is 0 Å². The molecule has 3 rings (SSSR count). The first-order chi connectivity index (χ1) is 13.8.